The summed E-state index contributed by atoms with van der Waals surface area (Å²) in [5.74, 6) is -0.993. The second kappa shape index (κ2) is 6.28. The molecular weight excluding hydrogens is 314 g/mol. The summed E-state index contributed by atoms with van der Waals surface area (Å²) in [6.07, 6.45) is 1.53. The Morgan fingerprint density at radius 3 is 2.55 bits per heavy atom. The number of benzene rings is 1. The molecule has 2 N–H and O–H groups in total. The van der Waals surface area contributed by atoms with Crippen LogP contribution in [0.4, 0.5) is 5.69 Å². The summed E-state index contributed by atoms with van der Waals surface area (Å²) in [4.78, 5) is 20.8. The van der Waals surface area contributed by atoms with Gasteiger partial charge in [0.25, 0.3) is 5.91 Å². The summed E-state index contributed by atoms with van der Waals surface area (Å²) in [5, 5.41) is 11.1. The Morgan fingerprint density at radius 2 is 2.00 bits per heavy atom. The normalized spacial score (nSPS) is 15.6. The predicted octanol–water partition coefficient (Wildman–Crippen LogP) is 0.243. The maximum atomic E-state index is 12.4. The number of primary amides is 1. The van der Waals surface area contributed by atoms with Crippen molar-refractivity contribution in [3.05, 3.63) is 28.3 Å². The fourth-order valence-corrected chi connectivity index (χ4v) is 3.69. The number of nitro groups is 1. The Morgan fingerprint density at radius 1 is 1.36 bits per heavy atom. The molecule has 1 aliphatic heterocycles. The summed E-state index contributed by atoms with van der Waals surface area (Å²) >= 11 is 0. The van der Waals surface area contributed by atoms with Gasteiger partial charge in [-0.3, -0.25) is 14.9 Å². The van der Waals surface area contributed by atoms with Crippen molar-refractivity contribution in [2.45, 2.75) is 17.7 Å². The van der Waals surface area contributed by atoms with Gasteiger partial charge >= 0.3 is 5.69 Å². The Kier molecular flexibility index (Phi) is 4.62. The van der Waals surface area contributed by atoms with Crippen LogP contribution in [0.3, 0.4) is 0 Å². The molecule has 1 aromatic carbocycles. The van der Waals surface area contributed by atoms with Crippen molar-refractivity contribution < 1.29 is 22.9 Å². The van der Waals surface area contributed by atoms with Crippen molar-refractivity contribution in [3.8, 4) is 5.75 Å². The number of nitro benzene ring substituents is 1. The maximum Gasteiger partial charge on any atom is 0.312 e. The lowest BCUT2D eigenvalue weighted by Crippen LogP contribution is -2.28. The maximum absolute atomic E-state index is 12.4. The molecule has 1 heterocycles. The first kappa shape index (κ1) is 16.2. The van der Waals surface area contributed by atoms with Gasteiger partial charge in [0.05, 0.1) is 9.82 Å². The van der Waals surface area contributed by atoms with Crippen LogP contribution < -0.4 is 10.5 Å². The highest BCUT2D eigenvalue weighted by Gasteiger charge is 2.29. The third-order valence-corrected chi connectivity index (χ3v) is 5.09. The number of hydrogen-bond donors (Lipinski definition) is 1. The molecule has 0 atom stereocenters. The van der Waals surface area contributed by atoms with Gasteiger partial charge in [-0.15, -0.1) is 0 Å². The molecule has 10 heteroatoms. The van der Waals surface area contributed by atoms with E-state index < -0.39 is 33.1 Å². The zero-order valence-corrected chi connectivity index (χ0v) is 12.4. The number of rotatable bonds is 6. The highest BCUT2D eigenvalue weighted by molar-refractivity contribution is 7.89. The molecule has 1 saturated heterocycles. The second-order valence-corrected chi connectivity index (χ2v) is 6.69. The van der Waals surface area contributed by atoms with Gasteiger partial charge in [-0.05, 0) is 25.0 Å². The van der Waals surface area contributed by atoms with E-state index in [0.717, 1.165) is 25.0 Å². The summed E-state index contributed by atoms with van der Waals surface area (Å²) in [5.41, 5.74) is 4.39. The lowest BCUT2D eigenvalue weighted by Gasteiger charge is -2.15. The SMILES string of the molecule is NC(=O)COc1ccc(S(=O)(=O)N2CCCC2)cc1[N+](=O)[O-]. The number of hydrogen-bond acceptors (Lipinski definition) is 6. The highest BCUT2D eigenvalue weighted by atomic mass is 32.2. The van der Waals surface area contributed by atoms with E-state index in [2.05, 4.69) is 0 Å². The molecule has 0 radical (unpaired) electrons. The van der Waals surface area contributed by atoms with Crippen molar-refractivity contribution >= 4 is 21.6 Å². The topological polar surface area (TPSA) is 133 Å². The van der Waals surface area contributed by atoms with Gasteiger partial charge in [0.15, 0.2) is 12.4 Å². The van der Waals surface area contributed by atoms with E-state index in [1.165, 1.54) is 10.4 Å². The molecule has 9 nitrogen and oxygen atoms in total. The molecular formula is C12H15N3O6S. The molecule has 1 aliphatic rings. The van der Waals surface area contributed by atoms with E-state index in [-0.39, 0.29) is 10.6 Å². The molecule has 1 aromatic rings. The van der Waals surface area contributed by atoms with Crippen LogP contribution in [0, 0.1) is 10.1 Å². The van der Waals surface area contributed by atoms with E-state index in [4.69, 9.17) is 10.5 Å². The molecule has 2 rings (SSSR count). The summed E-state index contributed by atoms with van der Waals surface area (Å²) in [6.45, 7) is 0.269. The number of nitrogens with two attached hydrogens (primary N) is 1. The summed E-state index contributed by atoms with van der Waals surface area (Å²) < 4.78 is 31.0. The third kappa shape index (κ3) is 3.34. The average molecular weight is 329 g/mol. The van der Waals surface area contributed by atoms with E-state index in [0.29, 0.717) is 13.1 Å². The summed E-state index contributed by atoms with van der Waals surface area (Å²) in [7, 11) is -3.76. The number of carbonyl (C=O) groups excluding carboxylic acids is 1. The number of amides is 1. The smallest absolute Gasteiger partial charge is 0.312 e. The zero-order chi connectivity index (χ0) is 16.3. The minimum atomic E-state index is -3.76. The standard InChI is InChI=1S/C12H15N3O6S/c13-12(16)8-21-11-4-3-9(7-10(11)15(17)18)22(19,20)14-5-1-2-6-14/h3-4,7H,1-2,5-6,8H2,(H2,13,16). The van der Waals surface area contributed by atoms with Gasteiger partial charge < -0.3 is 10.5 Å². The third-order valence-electron chi connectivity index (χ3n) is 3.20. The molecule has 0 bridgehead atoms. The summed E-state index contributed by atoms with van der Waals surface area (Å²) in [6, 6.07) is 3.31. The minimum Gasteiger partial charge on any atom is -0.477 e. The van der Waals surface area contributed by atoms with Crippen molar-refractivity contribution in [1.29, 1.82) is 0 Å². The van der Waals surface area contributed by atoms with Crippen LogP contribution >= 0.6 is 0 Å². The van der Waals surface area contributed by atoms with E-state index in [1.54, 1.807) is 0 Å². The van der Waals surface area contributed by atoms with Crippen molar-refractivity contribution in [3.63, 3.8) is 0 Å². The van der Waals surface area contributed by atoms with Crippen LogP contribution in [0.1, 0.15) is 12.8 Å². The van der Waals surface area contributed by atoms with Crippen molar-refractivity contribution in [2.24, 2.45) is 5.73 Å². The monoisotopic (exact) mass is 329 g/mol. The van der Waals surface area contributed by atoms with Gasteiger partial charge in [0.1, 0.15) is 0 Å². The van der Waals surface area contributed by atoms with Crippen molar-refractivity contribution in [2.75, 3.05) is 19.7 Å². The number of nitrogens with zero attached hydrogens (tertiary/aromatic N) is 2. The first-order valence-electron chi connectivity index (χ1n) is 6.52. The second-order valence-electron chi connectivity index (χ2n) is 4.75. The Balaban J connectivity index is 2.36. The molecule has 22 heavy (non-hydrogen) atoms. The fourth-order valence-electron chi connectivity index (χ4n) is 2.15. The molecule has 0 saturated carbocycles. The van der Waals surface area contributed by atoms with E-state index >= 15 is 0 Å². The largest absolute Gasteiger partial charge is 0.477 e. The highest BCUT2D eigenvalue weighted by Crippen LogP contribution is 2.31. The Labute approximate surface area is 126 Å². The molecule has 120 valence electrons. The Hall–Kier alpha value is -2.20. The van der Waals surface area contributed by atoms with E-state index in [9.17, 15) is 23.3 Å². The minimum absolute atomic E-state index is 0.174. The number of carbonyl (C=O) groups is 1. The molecule has 0 spiro atoms. The molecule has 0 unspecified atom stereocenters. The van der Waals surface area contributed by atoms with Gasteiger partial charge in [-0.1, -0.05) is 0 Å². The van der Waals surface area contributed by atoms with E-state index in [1.807, 2.05) is 0 Å². The van der Waals surface area contributed by atoms with Crippen LogP contribution in [0.2, 0.25) is 0 Å². The number of sulfonamides is 1. The number of ether oxygens (including phenoxy) is 1. The zero-order valence-electron chi connectivity index (χ0n) is 11.6. The van der Waals surface area contributed by atoms with Crippen LogP contribution in [-0.2, 0) is 14.8 Å². The first-order valence-corrected chi connectivity index (χ1v) is 7.96. The first-order chi connectivity index (χ1) is 10.3. The average Bonchev–Trinajstić information content (AvgIpc) is 2.99. The van der Waals surface area contributed by atoms with Crippen LogP contribution in [0.5, 0.6) is 5.75 Å². The van der Waals surface area contributed by atoms with Crippen LogP contribution in [-0.4, -0.2) is 43.2 Å². The van der Waals surface area contributed by atoms with Gasteiger partial charge in [-0.25, -0.2) is 8.42 Å². The van der Waals surface area contributed by atoms with Crippen molar-refractivity contribution in [1.82, 2.24) is 4.31 Å². The van der Waals surface area contributed by atoms with Crippen LogP contribution in [0.15, 0.2) is 23.1 Å². The van der Waals surface area contributed by atoms with Gasteiger partial charge in [0, 0.05) is 19.2 Å². The molecule has 1 amide bonds. The fraction of sp³-hybridized carbons (Fsp3) is 0.417. The quantitative estimate of drug-likeness (QED) is 0.587. The van der Waals surface area contributed by atoms with Gasteiger partial charge in [0.2, 0.25) is 10.0 Å². The predicted molar refractivity (Wildman–Crippen MR) is 75.8 cm³/mol. The Bertz CT molecular complexity index is 697. The van der Waals surface area contributed by atoms with Gasteiger partial charge in [-0.2, -0.15) is 4.31 Å². The lowest BCUT2D eigenvalue weighted by molar-refractivity contribution is -0.386. The molecule has 1 fully saturated rings. The van der Waals surface area contributed by atoms with Crippen LogP contribution in [0.25, 0.3) is 0 Å². The molecule has 0 aliphatic carbocycles. The lowest BCUT2D eigenvalue weighted by atomic mass is 10.3. The molecule has 0 aromatic heterocycles.